The summed E-state index contributed by atoms with van der Waals surface area (Å²) in [5.74, 6) is 1.95. The van der Waals surface area contributed by atoms with Crippen molar-refractivity contribution in [2.24, 2.45) is 17.3 Å². The zero-order chi connectivity index (χ0) is 10.6. The van der Waals surface area contributed by atoms with Crippen LogP contribution < -0.4 is 0 Å². The van der Waals surface area contributed by atoms with Crippen molar-refractivity contribution < 1.29 is 0 Å². The SMILES string of the molecule is CCCCCCC(C)C1(C)CC(C)C1. The highest BCUT2D eigenvalue weighted by Crippen LogP contribution is 2.51. The average Bonchev–Trinajstić information content (AvgIpc) is 2.09. The molecule has 0 heterocycles. The molecule has 0 N–H and O–H groups in total. The van der Waals surface area contributed by atoms with Crippen molar-refractivity contribution in [2.45, 2.75) is 72.6 Å². The van der Waals surface area contributed by atoms with Gasteiger partial charge in [-0.1, -0.05) is 59.8 Å². The number of rotatable bonds is 6. The Balaban J connectivity index is 2.12. The Labute approximate surface area is 90.5 Å². The Morgan fingerprint density at radius 1 is 1.21 bits per heavy atom. The second kappa shape index (κ2) is 5.19. The lowest BCUT2D eigenvalue weighted by molar-refractivity contribution is 0.0220. The van der Waals surface area contributed by atoms with Gasteiger partial charge in [-0.2, -0.15) is 0 Å². The minimum atomic E-state index is 0.700. The van der Waals surface area contributed by atoms with Gasteiger partial charge in [0.25, 0.3) is 0 Å². The van der Waals surface area contributed by atoms with Crippen molar-refractivity contribution >= 4 is 0 Å². The zero-order valence-corrected chi connectivity index (χ0v) is 10.6. The lowest BCUT2D eigenvalue weighted by atomic mass is 9.57. The first-order chi connectivity index (χ1) is 6.58. The summed E-state index contributed by atoms with van der Waals surface area (Å²) < 4.78 is 0. The van der Waals surface area contributed by atoms with Crippen LogP contribution in [0.15, 0.2) is 0 Å². The zero-order valence-electron chi connectivity index (χ0n) is 10.6. The summed E-state index contributed by atoms with van der Waals surface area (Å²) in [6, 6.07) is 0. The standard InChI is InChI=1S/C14H28/c1-5-6-7-8-9-13(3)14(4)10-12(2)11-14/h12-13H,5-11H2,1-4H3. The largest absolute Gasteiger partial charge is 0.0654 e. The summed E-state index contributed by atoms with van der Waals surface area (Å²) in [5, 5.41) is 0. The molecule has 0 radical (unpaired) electrons. The molecule has 1 aliphatic carbocycles. The Kier molecular flexibility index (Phi) is 4.47. The van der Waals surface area contributed by atoms with E-state index in [1.807, 2.05) is 0 Å². The van der Waals surface area contributed by atoms with Crippen molar-refractivity contribution in [1.82, 2.24) is 0 Å². The lowest BCUT2D eigenvalue weighted by Gasteiger charge is -2.48. The molecule has 14 heavy (non-hydrogen) atoms. The van der Waals surface area contributed by atoms with Crippen molar-refractivity contribution in [3.05, 3.63) is 0 Å². The van der Waals surface area contributed by atoms with Gasteiger partial charge < -0.3 is 0 Å². The van der Waals surface area contributed by atoms with Gasteiger partial charge in [0.1, 0.15) is 0 Å². The molecule has 0 aliphatic heterocycles. The van der Waals surface area contributed by atoms with Gasteiger partial charge in [0.15, 0.2) is 0 Å². The normalized spacial score (nSPS) is 33.9. The maximum Gasteiger partial charge on any atom is -0.0295 e. The molecule has 0 amide bonds. The Morgan fingerprint density at radius 3 is 2.36 bits per heavy atom. The summed E-state index contributed by atoms with van der Waals surface area (Å²) in [5.41, 5.74) is 0.700. The van der Waals surface area contributed by atoms with Crippen LogP contribution in [0.4, 0.5) is 0 Å². The van der Waals surface area contributed by atoms with Crippen LogP contribution in [0.1, 0.15) is 72.6 Å². The summed E-state index contributed by atoms with van der Waals surface area (Å²) in [7, 11) is 0. The molecule has 84 valence electrons. The first-order valence-corrected chi connectivity index (χ1v) is 6.58. The van der Waals surface area contributed by atoms with Crippen LogP contribution in [0, 0.1) is 17.3 Å². The summed E-state index contributed by atoms with van der Waals surface area (Å²) in [6.45, 7) is 9.65. The van der Waals surface area contributed by atoms with Gasteiger partial charge in [-0.05, 0) is 30.1 Å². The van der Waals surface area contributed by atoms with Crippen molar-refractivity contribution in [3.63, 3.8) is 0 Å². The second-order valence-corrected chi connectivity index (χ2v) is 5.92. The molecule has 1 rings (SSSR count). The smallest absolute Gasteiger partial charge is 0.0295 e. The third-order valence-electron chi connectivity index (χ3n) is 4.31. The van der Waals surface area contributed by atoms with Crippen LogP contribution in [-0.2, 0) is 0 Å². The molecule has 1 atom stereocenters. The number of hydrogen-bond acceptors (Lipinski definition) is 0. The highest BCUT2D eigenvalue weighted by Gasteiger charge is 2.41. The maximum atomic E-state index is 2.50. The Morgan fingerprint density at radius 2 is 1.86 bits per heavy atom. The van der Waals surface area contributed by atoms with Gasteiger partial charge in [-0.25, -0.2) is 0 Å². The van der Waals surface area contributed by atoms with Crippen LogP contribution in [0.3, 0.4) is 0 Å². The van der Waals surface area contributed by atoms with Gasteiger partial charge in [0.2, 0.25) is 0 Å². The maximum absolute atomic E-state index is 2.50. The van der Waals surface area contributed by atoms with Gasteiger partial charge in [-0.15, -0.1) is 0 Å². The van der Waals surface area contributed by atoms with E-state index in [2.05, 4.69) is 27.7 Å². The predicted octanol–water partition coefficient (Wildman–Crippen LogP) is 5.03. The van der Waals surface area contributed by atoms with Crippen LogP contribution >= 0.6 is 0 Å². The predicted molar refractivity (Wildman–Crippen MR) is 64.4 cm³/mol. The molecule has 0 aromatic heterocycles. The van der Waals surface area contributed by atoms with E-state index in [0.717, 1.165) is 11.8 Å². The third-order valence-corrected chi connectivity index (χ3v) is 4.31. The fraction of sp³-hybridized carbons (Fsp3) is 1.00. The van der Waals surface area contributed by atoms with Gasteiger partial charge in [0.05, 0.1) is 0 Å². The molecule has 0 bridgehead atoms. The van der Waals surface area contributed by atoms with E-state index in [1.165, 1.54) is 44.9 Å². The van der Waals surface area contributed by atoms with E-state index < -0.39 is 0 Å². The molecule has 0 aromatic rings. The monoisotopic (exact) mass is 196 g/mol. The molecule has 0 spiro atoms. The van der Waals surface area contributed by atoms with E-state index in [0.29, 0.717) is 5.41 Å². The average molecular weight is 196 g/mol. The third kappa shape index (κ3) is 3.00. The van der Waals surface area contributed by atoms with Crippen molar-refractivity contribution in [3.8, 4) is 0 Å². The summed E-state index contributed by atoms with van der Waals surface area (Å²) in [4.78, 5) is 0. The Bertz CT molecular complexity index is 153. The van der Waals surface area contributed by atoms with Crippen molar-refractivity contribution in [2.75, 3.05) is 0 Å². The van der Waals surface area contributed by atoms with Crippen molar-refractivity contribution in [1.29, 1.82) is 0 Å². The number of hydrogen-bond donors (Lipinski definition) is 0. The minimum Gasteiger partial charge on any atom is -0.0654 e. The molecule has 1 unspecified atom stereocenters. The first kappa shape index (κ1) is 12.1. The number of unbranched alkanes of at least 4 members (excludes halogenated alkanes) is 3. The fourth-order valence-corrected chi connectivity index (χ4v) is 3.16. The highest BCUT2D eigenvalue weighted by molar-refractivity contribution is 4.91. The van der Waals surface area contributed by atoms with Crippen LogP contribution in [0.5, 0.6) is 0 Å². The molecular weight excluding hydrogens is 168 g/mol. The Hall–Kier alpha value is 0. The highest BCUT2D eigenvalue weighted by atomic mass is 14.5. The first-order valence-electron chi connectivity index (χ1n) is 6.58. The molecule has 1 fully saturated rings. The van der Waals surface area contributed by atoms with E-state index in [1.54, 1.807) is 0 Å². The minimum absolute atomic E-state index is 0.700. The molecule has 0 aromatic carbocycles. The van der Waals surface area contributed by atoms with Gasteiger partial charge in [0, 0.05) is 0 Å². The molecule has 0 saturated heterocycles. The molecule has 1 saturated carbocycles. The molecule has 0 heteroatoms. The van der Waals surface area contributed by atoms with E-state index in [-0.39, 0.29) is 0 Å². The summed E-state index contributed by atoms with van der Waals surface area (Å²) >= 11 is 0. The fourth-order valence-electron chi connectivity index (χ4n) is 3.16. The summed E-state index contributed by atoms with van der Waals surface area (Å²) in [6.07, 6.45) is 10.1. The molecule has 1 aliphatic rings. The van der Waals surface area contributed by atoms with E-state index in [4.69, 9.17) is 0 Å². The van der Waals surface area contributed by atoms with E-state index in [9.17, 15) is 0 Å². The quantitative estimate of drug-likeness (QED) is 0.523. The van der Waals surface area contributed by atoms with Gasteiger partial charge >= 0.3 is 0 Å². The van der Waals surface area contributed by atoms with Crippen LogP contribution in [0.2, 0.25) is 0 Å². The lowest BCUT2D eigenvalue weighted by Crippen LogP contribution is -2.38. The van der Waals surface area contributed by atoms with Gasteiger partial charge in [-0.3, -0.25) is 0 Å². The van der Waals surface area contributed by atoms with E-state index >= 15 is 0 Å². The molecule has 0 nitrogen and oxygen atoms in total. The topological polar surface area (TPSA) is 0 Å². The van der Waals surface area contributed by atoms with Crippen LogP contribution in [-0.4, -0.2) is 0 Å². The van der Waals surface area contributed by atoms with Crippen LogP contribution in [0.25, 0.3) is 0 Å². The second-order valence-electron chi connectivity index (χ2n) is 5.92. The molecular formula is C14H28.